The highest BCUT2D eigenvalue weighted by molar-refractivity contribution is 7.89. The van der Waals surface area contributed by atoms with Crippen molar-refractivity contribution in [3.8, 4) is 0 Å². The molecule has 0 saturated carbocycles. The molecule has 104 valence electrons. The second-order valence-corrected chi connectivity index (χ2v) is 6.21. The Kier molecular flexibility index (Phi) is 3.83. The van der Waals surface area contributed by atoms with Gasteiger partial charge < -0.3 is 5.32 Å². The Balaban J connectivity index is 2.53. The zero-order chi connectivity index (χ0) is 14.0. The number of nitro groups is 1. The Hall–Kier alpha value is -1.51. The SMILES string of the molecule is Cc1cccc([N+](=O)[O-])c1S(=O)(=O)N1CCNCC1. The van der Waals surface area contributed by atoms with E-state index in [0.29, 0.717) is 31.7 Å². The van der Waals surface area contributed by atoms with Crippen LogP contribution in [0.2, 0.25) is 0 Å². The van der Waals surface area contributed by atoms with Crippen LogP contribution in [0.5, 0.6) is 0 Å². The van der Waals surface area contributed by atoms with Gasteiger partial charge >= 0.3 is 0 Å². The minimum atomic E-state index is -3.82. The maximum Gasteiger partial charge on any atom is 0.289 e. The lowest BCUT2D eigenvalue weighted by molar-refractivity contribution is -0.387. The average Bonchev–Trinajstić information content (AvgIpc) is 2.39. The lowest BCUT2D eigenvalue weighted by Crippen LogP contribution is -2.46. The summed E-state index contributed by atoms with van der Waals surface area (Å²) in [5.74, 6) is 0. The van der Waals surface area contributed by atoms with Gasteiger partial charge in [0, 0.05) is 32.2 Å². The minimum absolute atomic E-state index is 0.193. The van der Waals surface area contributed by atoms with Crippen LogP contribution in [0.1, 0.15) is 5.56 Å². The zero-order valence-electron chi connectivity index (χ0n) is 10.5. The number of benzene rings is 1. The van der Waals surface area contributed by atoms with Crippen molar-refractivity contribution in [2.24, 2.45) is 0 Å². The molecule has 19 heavy (non-hydrogen) atoms. The van der Waals surface area contributed by atoms with E-state index >= 15 is 0 Å². The third kappa shape index (κ3) is 2.60. The molecule has 1 aromatic carbocycles. The largest absolute Gasteiger partial charge is 0.314 e. The van der Waals surface area contributed by atoms with E-state index in [1.54, 1.807) is 13.0 Å². The molecule has 0 amide bonds. The van der Waals surface area contributed by atoms with E-state index in [1.165, 1.54) is 16.4 Å². The molecule has 1 saturated heterocycles. The molecule has 0 unspecified atom stereocenters. The van der Waals surface area contributed by atoms with Gasteiger partial charge in [-0.2, -0.15) is 4.31 Å². The van der Waals surface area contributed by atoms with Gasteiger partial charge in [0.2, 0.25) is 10.0 Å². The summed E-state index contributed by atoms with van der Waals surface area (Å²) in [5, 5.41) is 14.1. The normalized spacial score (nSPS) is 17.3. The highest BCUT2D eigenvalue weighted by Crippen LogP contribution is 2.29. The van der Waals surface area contributed by atoms with Crippen molar-refractivity contribution < 1.29 is 13.3 Å². The predicted molar refractivity (Wildman–Crippen MR) is 69.5 cm³/mol. The first-order valence-electron chi connectivity index (χ1n) is 5.89. The fraction of sp³-hybridized carbons (Fsp3) is 0.455. The van der Waals surface area contributed by atoms with Crippen molar-refractivity contribution >= 4 is 15.7 Å². The molecule has 1 N–H and O–H groups in total. The van der Waals surface area contributed by atoms with Crippen LogP contribution in [0.25, 0.3) is 0 Å². The summed E-state index contributed by atoms with van der Waals surface area (Å²) in [4.78, 5) is 10.2. The van der Waals surface area contributed by atoms with Crippen molar-refractivity contribution in [3.05, 3.63) is 33.9 Å². The van der Waals surface area contributed by atoms with Gasteiger partial charge in [0.25, 0.3) is 5.69 Å². The average molecular weight is 285 g/mol. The summed E-state index contributed by atoms with van der Waals surface area (Å²) >= 11 is 0. The van der Waals surface area contributed by atoms with E-state index in [1.807, 2.05) is 0 Å². The van der Waals surface area contributed by atoms with Crippen molar-refractivity contribution in [3.63, 3.8) is 0 Å². The first-order valence-corrected chi connectivity index (χ1v) is 7.33. The summed E-state index contributed by atoms with van der Waals surface area (Å²) in [5.41, 5.74) is 0.0336. The summed E-state index contributed by atoms with van der Waals surface area (Å²) < 4.78 is 26.3. The molecule has 0 spiro atoms. The summed E-state index contributed by atoms with van der Waals surface area (Å²) in [7, 11) is -3.82. The fourth-order valence-corrected chi connectivity index (χ4v) is 3.93. The number of piperazine rings is 1. The molecule has 7 nitrogen and oxygen atoms in total. The number of nitro benzene ring substituents is 1. The number of hydrogen-bond acceptors (Lipinski definition) is 5. The Bertz CT molecular complexity index is 594. The van der Waals surface area contributed by atoms with Crippen molar-refractivity contribution in [2.75, 3.05) is 26.2 Å². The summed E-state index contributed by atoms with van der Waals surface area (Å²) in [6, 6.07) is 4.29. The third-order valence-electron chi connectivity index (χ3n) is 3.06. The lowest BCUT2D eigenvalue weighted by Gasteiger charge is -2.26. The van der Waals surface area contributed by atoms with E-state index in [4.69, 9.17) is 0 Å². The Morgan fingerprint density at radius 3 is 2.53 bits per heavy atom. The molecule has 0 radical (unpaired) electrons. The lowest BCUT2D eigenvalue weighted by atomic mass is 10.2. The molecule has 1 heterocycles. The Labute approximate surface area is 111 Å². The number of rotatable bonds is 3. The fourth-order valence-electron chi connectivity index (χ4n) is 2.13. The smallest absolute Gasteiger partial charge is 0.289 e. The van der Waals surface area contributed by atoms with Crippen LogP contribution < -0.4 is 5.32 Å². The zero-order valence-corrected chi connectivity index (χ0v) is 11.3. The third-order valence-corrected chi connectivity index (χ3v) is 5.15. The van der Waals surface area contributed by atoms with Gasteiger partial charge in [-0.25, -0.2) is 8.42 Å². The molecule has 1 fully saturated rings. The molecule has 1 aliphatic heterocycles. The van der Waals surface area contributed by atoms with Gasteiger partial charge in [-0.15, -0.1) is 0 Å². The second-order valence-electron chi connectivity index (χ2n) is 4.33. The molecule has 0 aliphatic carbocycles. The van der Waals surface area contributed by atoms with E-state index < -0.39 is 14.9 Å². The Morgan fingerprint density at radius 1 is 1.32 bits per heavy atom. The van der Waals surface area contributed by atoms with Crippen LogP contribution in [0.3, 0.4) is 0 Å². The first-order chi connectivity index (χ1) is 8.94. The van der Waals surface area contributed by atoms with Crippen LogP contribution >= 0.6 is 0 Å². The van der Waals surface area contributed by atoms with Crippen molar-refractivity contribution in [2.45, 2.75) is 11.8 Å². The molecular formula is C11H15N3O4S. The van der Waals surface area contributed by atoms with Crippen LogP contribution in [0.4, 0.5) is 5.69 Å². The Morgan fingerprint density at radius 2 is 1.95 bits per heavy atom. The molecule has 1 aromatic rings. The molecule has 1 aliphatic rings. The van der Waals surface area contributed by atoms with Crippen molar-refractivity contribution in [1.29, 1.82) is 0 Å². The molecule has 2 rings (SSSR count). The second kappa shape index (κ2) is 5.24. The van der Waals surface area contributed by atoms with Crippen LogP contribution in [-0.4, -0.2) is 43.8 Å². The number of hydrogen-bond donors (Lipinski definition) is 1. The van der Waals surface area contributed by atoms with Gasteiger partial charge in [0.1, 0.15) is 0 Å². The van der Waals surface area contributed by atoms with E-state index in [-0.39, 0.29) is 10.6 Å². The van der Waals surface area contributed by atoms with Gasteiger partial charge in [0.05, 0.1) is 4.92 Å². The topological polar surface area (TPSA) is 92.5 Å². The first kappa shape index (κ1) is 13.9. The van der Waals surface area contributed by atoms with Crippen LogP contribution in [-0.2, 0) is 10.0 Å². The maximum atomic E-state index is 12.5. The number of aryl methyl sites for hydroxylation is 1. The molecule has 8 heteroatoms. The van der Waals surface area contributed by atoms with Crippen LogP contribution in [0, 0.1) is 17.0 Å². The van der Waals surface area contributed by atoms with E-state index in [9.17, 15) is 18.5 Å². The van der Waals surface area contributed by atoms with Gasteiger partial charge in [-0.3, -0.25) is 10.1 Å². The number of sulfonamides is 1. The maximum absolute atomic E-state index is 12.5. The molecule has 0 bridgehead atoms. The van der Waals surface area contributed by atoms with Crippen LogP contribution in [0.15, 0.2) is 23.1 Å². The van der Waals surface area contributed by atoms with E-state index in [0.717, 1.165) is 0 Å². The van der Waals surface area contributed by atoms with E-state index in [2.05, 4.69) is 5.32 Å². The molecule has 0 aromatic heterocycles. The number of nitrogens with one attached hydrogen (secondary N) is 1. The number of nitrogens with zero attached hydrogens (tertiary/aromatic N) is 2. The van der Waals surface area contributed by atoms with Gasteiger partial charge in [-0.1, -0.05) is 12.1 Å². The minimum Gasteiger partial charge on any atom is -0.314 e. The van der Waals surface area contributed by atoms with Gasteiger partial charge in [-0.05, 0) is 12.5 Å². The highest BCUT2D eigenvalue weighted by atomic mass is 32.2. The predicted octanol–water partition coefficient (Wildman–Crippen LogP) is 0.497. The summed E-state index contributed by atoms with van der Waals surface area (Å²) in [6.07, 6.45) is 0. The van der Waals surface area contributed by atoms with Gasteiger partial charge in [0.15, 0.2) is 4.90 Å². The standard InChI is InChI=1S/C11H15N3O4S/c1-9-3-2-4-10(14(15)16)11(9)19(17,18)13-7-5-12-6-8-13/h2-4,12H,5-8H2,1H3. The summed E-state index contributed by atoms with van der Waals surface area (Å²) in [6.45, 7) is 3.33. The van der Waals surface area contributed by atoms with Crippen molar-refractivity contribution in [1.82, 2.24) is 9.62 Å². The molecule has 0 atom stereocenters. The molecular weight excluding hydrogens is 270 g/mol. The monoisotopic (exact) mass is 285 g/mol. The quantitative estimate of drug-likeness (QED) is 0.644. The highest BCUT2D eigenvalue weighted by Gasteiger charge is 2.33.